The Morgan fingerprint density at radius 1 is 1.26 bits per heavy atom. The minimum Gasteiger partial charge on any atom is -0.481 e. The SMILES string of the molecule is CCCC(CC)(C(=O)O)C(=CC(C)C)C(=O)OCC. The van der Waals surface area contributed by atoms with Crippen LogP contribution in [0.25, 0.3) is 0 Å². The molecule has 0 bridgehead atoms. The van der Waals surface area contributed by atoms with Crippen molar-refractivity contribution in [2.75, 3.05) is 6.61 Å². The van der Waals surface area contributed by atoms with Crippen LogP contribution in [0, 0.1) is 11.3 Å². The smallest absolute Gasteiger partial charge is 0.334 e. The average molecular weight is 270 g/mol. The van der Waals surface area contributed by atoms with Crippen LogP contribution in [-0.2, 0) is 14.3 Å². The zero-order valence-electron chi connectivity index (χ0n) is 12.7. The maximum absolute atomic E-state index is 12.1. The van der Waals surface area contributed by atoms with Crippen LogP contribution in [0.5, 0.6) is 0 Å². The van der Waals surface area contributed by atoms with Gasteiger partial charge in [0.2, 0.25) is 0 Å². The van der Waals surface area contributed by atoms with Crippen molar-refractivity contribution < 1.29 is 19.4 Å². The second-order valence-electron chi connectivity index (χ2n) is 5.04. The van der Waals surface area contributed by atoms with Gasteiger partial charge in [-0.2, -0.15) is 0 Å². The van der Waals surface area contributed by atoms with Gasteiger partial charge in [0.25, 0.3) is 0 Å². The number of carbonyl (C=O) groups excluding carboxylic acids is 1. The first-order valence-corrected chi connectivity index (χ1v) is 6.98. The van der Waals surface area contributed by atoms with Gasteiger partial charge in [0.1, 0.15) is 0 Å². The number of carboxylic acids is 1. The van der Waals surface area contributed by atoms with Gasteiger partial charge < -0.3 is 9.84 Å². The van der Waals surface area contributed by atoms with Crippen LogP contribution in [0.2, 0.25) is 0 Å². The highest BCUT2D eigenvalue weighted by atomic mass is 16.5. The number of carboxylic acid groups (broad SMARTS) is 1. The third kappa shape index (κ3) is 4.37. The third-order valence-electron chi connectivity index (χ3n) is 3.20. The molecule has 0 rings (SSSR count). The predicted molar refractivity (Wildman–Crippen MR) is 74.8 cm³/mol. The molecule has 110 valence electrons. The number of hydrogen-bond acceptors (Lipinski definition) is 3. The van der Waals surface area contributed by atoms with E-state index >= 15 is 0 Å². The molecule has 0 fully saturated rings. The molecule has 0 amide bonds. The van der Waals surface area contributed by atoms with E-state index in [9.17, 15) is 14.7 Å². The van der Waals surface area contributed by atoms with E-state index in [4.69, 9.17) is 4.74 Å². The first-order chi connectivity index (χ1) is 8.85. The zero-order chi connectivity index (χ0) is 15.1. The number of aliphatic carboxylic acids is 1. The molecule has 1 atom stereocenters. The first kappa shape index (κ1) is 17.7. The van der Waals surface area contributed by atoms with Crippen LogP contribution < -0.4 is 0 Å². The molecule has 0 spiro atoms. The summed E-state index contributed by atoms with van der Waals surface area (Å²) >= 11 is 0. The molecule has 0 saturated carbocycles. The Kier molecular flexibility index (Phi) is 7.42. The van der Waals surface area contributed by atoms with E-state index in [1.54, 1.807) is 19.9 Å². The van der Waals surface area contributed by atoms with E-state index in [0.29, 0.717) is 24.8 Å². The summed E-state index contributed by atoms with van der Waals surface area (Å²) in [6, 6.07) is 0. The lowest BCUT2D eigenvalue weighted by atomic mass is 9.73. The molecular weight excluding hydrogens is 244 g/mol. The monoisotopic (exact) mass is 270 g/mol. The summed E-state index contributed by atoms with van der Waals surface area (Å²) in [5.74, 6) is -1.35. The van der Waals surface area contributed by atoms with Gasteiger partial charge in [-0.15, -0.1) is 0 Å². The second-order valence-corrected chi connectivity index (χ2v) is 5.04. The minimum atomic E-state index is -1.13. The highest BCUT2D eigenvalue weighted by molar-refractivity contribution is 5.97. The number of carbonyl (C=O) groups is 2. The zero-order valence-corrected chi connectivity index (χ0v) is 12.7. The second kappa shape index (κ2) is 7.97. The number of esters is 1. The first-order valence-electron chi connectivity index (χ1n) is 6.98. The van der Waals surface area contributed by atoms with Crippen molar-refractivity contribution in [3.05, 3.63) is 11.6 Å². The lowest BCUT2D eigenvalue weighted by molar-refractivity contribution is -0.152. The van der Waals surface area contributed by atoms with Gasteiger partial charge in [-0.1, -0.05) is 40.2 Å². The molecule has 0 aromatic carbocycles. The lowest BCUT2D eigenvalue weighted by Gasteiger charge is -2.30. The summed E-state index contributed by atoms with van der Waals surface area (Å²) in [6.07, 6.45) is 3.25. The van der Waals surface area contributed by atoms with Gasteiger partial charge in [-0.25, -0.2) is 4.79 Å². The molecule has 1 N–H and O–H groups in total. The van der Waals surface area contributed by atoms with E-state index < -0.39 is 17.4 Å². The van der Waals surface area contributed by atoms with E-state index in [2.05, 4.69) is 0 Å². The highest BCUT2D eigenvalue weighted by Gasteiger charge is 2.43. The van der Waals surface area contributed by atoms with Crippen molar-refractivity contribution in [3.63, 3.8) is 0 Å². The molecule has 0 aliphatic heterocycles. The van der Waals surface area contributed by atoms with Gasteiger partial charge in [-0.3, -0.25) is 4.79 Å². The average Bonchev–Trinajstić information content (AvgIpc) is 2.33. The van der Waals surface area contributed by atoms with Crippen molar-refractivity contribution in [3.8, 4) is 0 Å². The molecule has 0 aliphatic rings. The molecule has 0 aliphatic carbocycles. The van der Waals surface area contributed by atoms with E-state index in [-0.39, 0.29) is 12.5 Å². The lowest BCUT2D eigenvalue weighted by Crippen LogP contribution is -2.36. The largest absolute Gasteiger partial charge is 0.481 e. The Labute approximate surface area is 115 Å². The van der Waals surface area contributed by atoms with Gasteiger partial charge in [0.05, 0.1) is 17.6 Å². The highest BCUT2D eigenvalue weighted by Crippen LogP contribution is 2.38. The van der Waals surface area contributed by atoms with E-state index in [0.717, 1.165) is 0 Å². The van der Waals surface area contributed by atoms with Crippen LogP contribution in [-0.4, -0.2) is 23.7 Å². The topological polar surface area (TPSA) is 63.6 Å². The Morgan fingerprint density at radius 3 is 2.16 bits per heavy atom. The molecule has 4 heteroatoms. The summed E-state index contributed by atoms with van der Waals surface area (Å²) in [7, 11) is 0. The predicted octanol–water partition coefficient (Wildman–Crippen LogP) is 3.41. The maximum atomic E-state index is 12.1. The van der Waals surface area contributed by atoms with Gasteiger partial charge in [0, 0.05) is 0 Å². The Hall–Kier alpha value is -1.32. The quantitative estimate of drug-likeness (QED) is 0.542. The fourth-order valence-corrected chi connectivity index (χ4v) is 2.27. The van der Waals surface area contributed by atoms with Crippen molar-refractivity contribution in [2.45, 2.75) is 53.9 Å². The molecule has 0 heterocycles. The van der Waals surface area contributed by atoms with Crippen molar-refractivity contribution in [1.82, 2.24) is 0 Å². The fourth-order valence-electron chi connectivity index (χ4n) is 2.27. The number of rotatable bonds is 8. The molecule has 0 saturated heterocycles. The molecular formula is C15H26O4. The summed E-state index contributed by atoms with van der Waals surface area (Å²) in [5, 5.41) is 9.61. The van der Waals surface area contributed by atoms with Crippen LogP contribution in [0.4, 0.5) is 0 Å². The van der Waals surface area contributed by atoms with Crippen molar-refractivity contribution in [1.29, 1.82) is 0 Å². The molecule has 0 aromatic rings. The molecule has 0 aromatic heterocycles. The van der Waals surface area contributed by atoms with E-state index in [1.807, 2.05) is 20.8 Å². The number of allylic oxidation sites excluding steroid dienone is 1. The molecule has 1 unspecified atom stereocenters. The Morgan fingerprint density at radius 2 is 1.84 bits per heavy atom. The minimum absolute atomic E-state index is 0.0986. The summed E-state index contributed by atoms with van der Waals surface area (Å²) in [4.78, 5) is 23.8. The fraction of sp³-hybridized carbons (Fsp3) is 0.733. The number of hydrogen-bond donors (Lipinski definition) is 1. The standard InChI is InChI=1S/C15H26O4/c1-6-9-15(7-2,14(17)18)12(10-11(4)5)13(16)19-8-3/h10-11H,6-9H2,1-5H3,(H,17,18). The summed E-state index contributed by atoms with van der Waals surface area (Å²) < 4.78 is 5.04. The van der Waals surface area contributed by atoms with E-state index in [1.165, 1.54) is 0 Å². The van der Waals surface area contributed by atoms with Crippen LogP contribution in [0.15, 0.2) is 11.6 Å². The van der Waals surface area contributed by atoms with Gasteiger partial charge >= 0.3 is 11.9 Å². The van der Waals surface area contributed by atoms with Crippen LogP contribution >= 0.6 is 0 Å². The summed E-state index contributed by atoms with van der Waals surface area (Å²) in [5.41, 5.74) is -0.841. The van der Waals surface area contributed by atoms with Crippen LogP contribution in [0.1, 0.15) is 53.9 Å². The van der Waals surface area contributed by atoms with Crippen molar-refractivity contribution in [2.24, 2.45) is 11.3 Å². The molecule has 4 nitrogen and oxygen atoms in total. The summed E-state index contributed by atoms with van der Waals surface area (Å²) in [6.45, 7) is 9.54. The number of ether oxygens (including phenoxy) is 1. The third-order valence-corrected chi connectivity index (χ3v) is 3.20. The Balaban J connectivity index is 5.74. The molecule has 19 heavy (non-hydrogen) atoms. The maximum Gasteiger partial charge on any atom is 0.334 e. The van der Waals surface area contributed by atoms with Crippen LogP contribution in [0.3, 0.4) is 0 Å². The molecule has 0 radical (unpaired) electrons. The van der Waals surface area contributed by atoms with Crippen molar-refractivity contribution >= 4 is 11.9 Å². The Bertz CT molecular complexity index is 344. The van der Waals surface area contributed by atoms with Gasteiger partial charge in [0.15, 0.2) is 0 Å². The normalized spacial score (nSPS) is 15.2. The van der Waals surface area contributed by atoms with Gasteiger partial charge in [-0.05, 0) is 25.7 Å².